The highest BCUT2D eigenvalue weighted by Crippen LogP contribution is 2.09. The minimum atomic E-state index is -0.591. The van der Waals surface area contributed by atoms with E-state index in [0.717, 1.165) is 6.20 Å². The molecule has 0 bridgehead atoms. The normalized spacial score (nSPS) is 9.94. The molecule has 6 nitrogen and oxygen atoms in total. The van der Waals surface area contributed by atoms with Crippen molar-refractivity contribution in [3.05, 3.63) is 12.0 Å². The van der Waals surface area contributed by atoms with E-state index >= 15 is 0 Å². The minimum absolute atomic E-state index is 0.0113. The summed E-state index contributed by atoms with van der Waals surface area (Å²) in [5.41, 5.74) is 5.30. The van der Waals surface area contributed by atoms with Gasteiger partial charge >= 0.3 is 0 Å². The van der Waals surface area contributed by atoms with Gasteiger partial charge in [0.2, 0.25) is 11.9 Å². The van der Waals surface area contributed by atoms with Gasteiger partial charge in [0.1, 0.15) is 0 Å². The van der Waals surface area contributed by atoms with Crippen LogP contribution in [-0.4, -0.2) is 41.4 Å². The summed E-state index contributed by atoms with van der Waals surface area (Å²) in [5.74, 6) is -0.636. The van der Waals surface area contributed by atoms with Gasteiger partial charge in [0, 0.05) is 27.1 Å². The molecule has 88 valence electrons. The molecular weight excluding hydrogens is 213 g/mol. The Labute approximate surface area is 92.7 Å². The number of amides is 1. The Morgan fingerprint density at radius 3 is 2.94 bits per heavy atom. The molecule has 1 rings (SSSR count). The molecule has 0 aromatic carbocycles. The first kappa shape index (κ1) is 12.2. The zero-order chi connectivity index (χ0) is 12.1. The number of hydrogen-bond acceptors (Lipinski definition) is 5. The van der Waals surface area contributed by atoms with Crippen molar-refractivity contribution in [1.82, 2.24) is 14.9 Å². The largest absolute Gasteiger partial charge is 0.368 e. The average molecular weight is 227 g/mol. The summed E-state index contributed by atoms with van der Waals surface area (Å²) >= 11 is 0. The highest BCUT2D eigenvalue weighted by Gasteiger charge is 2.07. The van der Waals surface area contributed by atoms with Crippen molar-refractivity contribution < 1.29 is 9.18 Å². The van der Waals surface area contributed by atoms with E-state index in [2.05, 4.69) is 15.3 Å². The number of carbonyl (C=O) groups excluding carboxylic acids is 1. The van der Waals surface area contributed by atoms with Crippen LogP contribution in [0.2, 0.25) is 0 Å². The van der Waals surface area contributed by atoms with Crippen molar-refractivity contribution in [2.75, 3.05) is 31.7 Å². The van der Waals surface area contributed by atoms with Crippen molar-refractivity contribution in [2.24, 2.45) is 0 Å². The second-order valence-corrected chi connectivity index (χ2v) is 3.39. The molecular formula is C9H14FN5O. The van der Waals surface area contributed by atoms with Gasteiger partial charge in [0.05, 0.1) is 6.20 Å². The van der Waals surface area contributed by atoms with Crippen LogP contribution in [0.4, 0.5) is 16.2 Å². The Kier molecular flexibility index (Phi) is 3.98. The van der Waals surface area contributed by atoms with Crippen molar-refractivity contribution in [3.8, 4) is 0 Å². The van der Waals surface area contributed by atoms with Crippen molar-refractivity contribution in [2.45, 2.75) is 6.42 Å². The summed E-state index contributed by atoms with van der Waals surface area (Å²) in [7, 11) is 3.32. The van der Waals surface area contributed by atoms with Crippen LogP contribution in [0.3, 0.4) is 0 Å². The van der Waals surface area contributed by atoms with Crippen LogP contribution in [0, 0.1) is 5.82 Å². The predicted molar refractivity (Wildman–Crippen MR) is 58.2 cm³/mol. The maximum absolute atomic E-state index is 13.1. The molecule has 0 aliphatic rings. The highest BCUT2D eigenvalue weighted by molar-refractivity contribution is 5.76. The number of rotatable bonds is 4. The summed E-state index contributed by atoms with van der Waals surface area (Å²) < 4.78 is 13.1. The zero-order valence-electron chi connectivity index (χ0n) is 9.20. The number of nitrogen functional groups attached to an aromatic ring is 1. The van der Waals surface area contributed by atoms with Crippen LogP contribution in [0.25, 0.3) is 0 Å². The summed E-state index contributed by atoms with van der Waals surface area (Å²) in [6, 6.07) is 0. The fraction of sp³-hybridized carbons (Fsp3) is 0.444. The standard InChI is InChI=1S/C9H14FN5O/c1-15(2)7(16)3-4-12-8-6(10)5-13-9(11)14-8/h5H,3-4H2,1-2H3,(H3,11,12,13,14). The number of nitrogens with two attached hydrogens (primary N) is 1. The monoisotopic (exact) mass is 227 g/mol. The summed E-state index contributed by atoms with van der Waals surface area (Å²) in [6.45, 7) is 0.296. The molecule has 1 amide bonds. The van der Waals surface area contributed by atoms with Crippen LogP contribution >= 0.6 is 0 Å². The molecule has 0 aliphatic heterocycles. The molecule has 3 N–H and O–H groups in total. The first-order valence-electron chi connectivity index (χ1n) is 4.72. The molecule has 0 aliphatic carbocycles. The Hall–Kier alpha value is -1.92. The summed E-state index contributed by atoms with van der Waals surface area (Å²) in [5, 5.41) is 2.69. The van der Waals surface area contributed by atoms with Gasteiger partial charge in [0.15, 0.2) is 11.6 Å². The lowest BCUT2D eigenvalue weighted by molar-refractivity contribution is -0.128. The van der Waals surface area contributed by atoms with E-state index in [1.807, 2.05) is 0 Å². The topological polar surface area (TPSA) is 84.1 Å². The quantitative estimate of drug-likeness (QED) is 0.761. The number of halogens is 1. The van der Waals surface area contributed by atoms with Crippen molar-refractivity contribution >= 4 is 17.7 Å². The van der Waals surface area contributed by atoms with Gasteiger partial charge in [-0.15, -0.1) is 0 Å². The fourth-order valence-corrected chi connectivity index (χ4v) is 1.02. The fourth-order valence-electron chi connectivity index (χ4n) is 1.02. The van der Waals surface area contributed by atoms with Gasteiger partial charge in [0.25, 0.3) is 0 Å². The maximum Gasteiger partial charge on any atom is 0.223 e. The summed E-state index contributed by atoms with van der Waals surface area (Å²) in [4.78, 5) is 19.8. The molecule has 7 heteroatoms. The van der Waals surface area contributed by atoms with Crippen LogP contribution in [-0.2, 0) is 4.79 Å². The lowest BCUT2D eigenvalue weighted by Gasteiger charge is -2.11. The van der Waals surface area contributed by atoms with Crippen LogP contribution in [0.5, 0.6) is 0 Å². The van der Waals surface area contributed by atoms with Crippen molar-refractivity contribution in [1.29, 1.82) is 0 Å². The van der Waals surface area contributed by atoms with Crippen LogP contribution in [0.15, 0.2) is 6.20 Å². The number of hydrogen-bond donors (Lipinski definition) is 2. The average Bonchev–Trinajstić information content (AvgIpc) is 2.22. The number of carbonyl (C=O) groups is 1. The molecule has 0 saturated carbocycles. The lowest BCUT2D eigenvalue weighted by atomic mass is 10.4. The Morgan fingerprint density at radius 1 is 1.62 bits per heavy atom. The van der Waals surface area contributed by atoms with Gasteiger partial charge in [-0.2, -0.15) is 4.98 Å². The van der Waals surface area contributed by atoms with Gasteiger partial charge in [-0.25, -0.2) is 9.37 Å². The number of nitrogens with one attached hydrogen (secondary N) is 1. The first-order valence-corrected chi connectivity index (χ1v) is 4.72. The van der Waals surface area contributed by atoms with E-state index in [-0.39, 0.29) is 24.1 Å². The second kappa shape index (κ2) is 5.24. The van der Waals surface area contributed by atoms with Gasteiger partial charge < -0.3 is 16.0 Å². The van der Waals surface area contributed by atoms with Crippen LogP contribution in [0.1, 0.15) is 6.42 Å². The molecule has 0 unspecified atom stereocenters. The minimum Gasteiger partial charge on any atom is -0.368 e. The highest BCUT2D eigenvalue weighted by atomic mass is 19.1. The van der Waals surface area contributed by atoms with Crippen LogP contribution < -0.4 is 11.1 Å². The van der Waals surface area contributed by atoms with E-state index in [4.69, 9.17) is 5.73 Å². The number of anilines is 2. The zero-order valence-corrected chi connectivity index (χ0v) is 9.20. The number of nitrogens with zero attached hydrogens (tertiary/aromatic N) is 3. The third-order valence-corrected chi connectivity index (χ3v) is 1.89. The molecule has 0 atom stereocenters. The SMILES string of the molecule is CN(C)C(=O)CCNc1nc(N)ncc1F. The molecule has 1 aromatic heterocycles. The molecule has 0 radical (unpaired) electrons. The Morgan fingerprint density at radius 2 is 2.31 bits per heavy atom. The van der Waals surface area contributed by atoms with E-state index in [9.17, 15) is 9.18 Å². The lowest BCUT2D eigenvalue weighted by Crippen LogP contribution is -2.24. The third kappa shape index (κ3) is 3.34. The third-order valence-electron chi connectivity index (χ3n) is 1.89. The van der Waals surface area contributed by atoms with E-state index in [0.29, 0.717) is 6.54 Å². The first-order chi connectivity index (χ1) is 7.50. The predicted octanol–water partition coefficient (Wildman–Crippen LogP) is 0.0881. The summed E-state index contributed by atoms with van der Waals surface area (Å²) in [6.07, 6.45) is 1.24. The van der Waals surface area contributed by atoms with Gasteiger partial charge in [-0.3, -0.25) is 4.79 Å². The molecule has 0 spiro atoms. The van der Waals surface area contributed by atoms with Gasteiger partial charge in [-0.1, -0.05) is 0 Å². The Balaban J connectivity index is 2.49. The van der Waals surface area contributed by atoms with Crippen molar-refractivity contribution in [3.63, 3.8) is 0 Å². The smallest absolute Gasteiger partial charge is 0.223 e. The van der Waals surface area contributed by atoms with E-state index in [1.165, 1.54) is 4.90 Å². The molecule has 0 fully saturated rings. The number of aromatic nitrogens is 2. The van der Waals surface area contributed by atoms with E-state index in [1.54, 1.807) is 14.1 Å². The molecule has 1 heterocycles. The molecule has 0 saturated heterocycles. The maximum atomic E-state index is 13.1. The molecule has 1 aromatic rings. The molecule has 16 heavy (non-hydrogen) atoms. The second-order valence-electron chi connectivity index (χ2n) is 3.39. The van der Waals surface area contributed by atoms with E-state index < -0.39 is 5.82 Å². The Bertz CT molecular complexity index is 382. The van der Waals surface area contributed by atoms with Gasteiger partial charge in [-0.05, 0) is 0 Å².